The van der Waals surface area contributed by atoms with Crippen LogP contribution < -0.4 is 4.74 Å². The maximum atomic E-state index is 10.9. The van der Waals surface area contributed by atoms with E-state index in [0.29, 0.717) is 18.5 Å². The van der Waals surface area contributed by atoms with Crippen molar-refractivity contribution in [2.45, 2.75) is 44.2 Å². The van der Waals surface area contributed by atoms with Crippen LogP contribution in [0.4, 0.5) is 0 Å². The third-order valence-corrected chi connectivity index (χ3v) is 4.40. The smallest absolute Gasteiger partial charge is 0.213 e. The van der Waals surface area contributed by atoms with Crippen LogP contribution in [0.15, 0.2) is 42.9 Å². The maximum Gasteiger partial charge on any atom is 0.213 e. The molecule has 0 radical (unpaired) electrons. The number of hydrogen-bond donors (Lipinski definition) is 1. The Balaban J connectivity index is 1.68. The molecule has 1 fully saturated rings. The predicted octanol–water partition coefficient (Wildman–Crippen LogP) is 3.28. The van der Waals surface area contributed by atoms with Crippen LogP contribution >= 0.6 is 0 Å². The van der Waals surface area contributed by atoms with Crippen LogP contribution in [0.2, 0.25) is 0 Å². The van der Waals surface area contributed by atoms with Crippen LogP contribution in [0.5, 0.6) is 5.88 Å². The van der Waals surface area contributed by atoms with Crippen molar-refractivity contribution in [2.75, 3.05) is 6.61 Å². The van der Waals surface area contributed by atoms with Gasteiger partial charge in [-0.25, -0.2) is 4.98 Å². The molecule has 4 heteroatoms. The third kappa shape index (κ3) is 2.95. The largest absolute Gasteiger partial charge is 0.478 e. The van der Waals surface area contributed by atoms with E-state index in [0.717, 1.165) is 31.2 Å². The van der Waals surface area contributed by atoms with Crippen molar-refractivity contribution in [3.63, 3.8) is 0 Å². The molecule has 1 aliphatic rings. The highest BCUT2D eigenvalue weighted by Crippen LogP contribution is 2.41. The highest BCUT2D eigenvalue weighted by atomic mass is 16.5. The first kappa shape index (κ1) is 14.1. The molecule has 3 rings (SSSR count). The van der Waals surface area contributed by atoms with Crippen molar-refractivity contribution in [3.05, 3.63) is 48.4 Å². The number of aliphatic hydroxyl groups is 1. The van der Waals surface area contributed by atoms with Crippen LogP contribution in [0.25, 0.3) is 0 Å². The highest BCUT2D eigenvalue weighted by molar-refractivity contribution is 5.24. The summed E-state index contributed by atoms with van der Waals surface area (Å²) in [6.07, 6.45) is 9.47. The fourth-order valence-electron chi connectivity index (χ4n) is 3.15. The molecule has 0 unspecified atom stereocenters. The fourth-order valence-corrected chi connectivity index (χ4v) is 3.15. The molecule has 2 heterocycles. The summed E-state index contributed by atoms with van der Waals surface area (Å²) >= 11 is 0. The SMILES string of the molecule is CCOc1ccc(C2(O)CCC(n3cccc3)CC2)cn1. The molecule has 21 heavy (non-hydrogen) atoms. The van der Waals surface area contributed by atoms with Crippen molar-refractivity contribution >= 4 is 0 Å². The van der Waals surface area contributed by atoms with Gasteiger partial charge in [-0.1, -0.05) is 0 Å². The second kappa shape index (κ2) is 5.90. The first-order valence-electron chi connectivity index (χ1n) is 7.65. The predicted molar refractivity (Wildman–Crippen MR) is 81.2 cm³/mol. The number of nitrogens with zero attached hydrogens (tertiary/aromatic N) is 2. The van der Waals surface area contributed by atoms with Gasteiger partial charge in [0, 0.05) is 36.3 Å². The topological polar surface area (TPSA) is 47.3 Å². The minimum Gasteiger partial charge on any atom is -0.478 e. The zero-order valence-electron chi connectivity index (χ0n) is 12.4. The number of rotatable bonds is 4. The van der Waals surface area contributed by atoms with Gasteiger partial charge < -0.3 is 14.4 Å². The number of aromatic nitrogens is 2. The molecule has 0 atom stereocenters. The molecule has 2 aromatic heterocycles. The monoisotopic (exact) mass is 286 g/mol. The van der Waals surface area contributed by atoms with E-state index < -0.39 is 5.60 Å². The standard InChI is InChI=1S/C17H22N2O2/c1-2-21-16-6-5-14(13-18-16)17(20)9-7-15(8-10-17)19-11-3-4-12-19/h3-6,11-13,15,20H,2,7-10H2,1H3. The van der Waals surface area contributed by atoms with Gasteiger partial charge in [-0.3, -0.25) is 0 Å². The van der Waals surface area contributed by atoms with E-state index in [2.05, 4.69) is 34.1 Å². The Bertz CT molecular complexity index is 555. The van der Waals surface area contributed by atoms with E-state index in [1.807, 2.05) is 19.1 Å². The molecule has 2 aromatic rings. The van der Waals surface area contributed by atoms with Crippen molar-refractivity contribution in [1.29, 1.82) is 0 Å². The molecule has 1 aliphatic carbocycles. The first-order chi connectivity index (χ1) is 10.2. The number of ether oxygens (including phenoxy) is 1. The summed E-state index contributed by atoms with van der Waals surface area (Å²) in [5.41, 5.74) is 0.151. The Morgan fingerprint density at radius 3 is 2.57 bits per heavy atom. The van der Waals surface area contributed by atoms with Crippen molar-refractivity contribution in [2.24, 2.45) is 0 Å². The summed E-state index contributed by atoms with van der Waals surface area (Å²) in [6.45, 7) is 2.54. The van der Waals surface area contributed by atoms with Crippen LogP contribution in [0.3, 0.4) is 0 Å². The summed E-state index contributed by atoms with van der Waals surface area (Å²) < 4.78 is 7.60. The number of hydrogen-bond acceptors (Lipinski definition) is 3. The minimum atomic E-state index is -0.749. The van der Waals surface area contributed by atoms with Crippen molar-refractivity contribution in [1.82, 2.24) is 9.55 Å². The van der Waals surface area contributed by atoms with Crippen LogP contribution in [0, 0.1) is 0 Å². The summed E-state index contributed by atoms with van der Waals surface area (Å²) in [7, 11) is 0. The van der Waals surface area contributed by atoms with E-state index >= 15 is 0 Å². The fraction of sp³-hybridized carbons (Fsp3) is 0.471. The Morgan fingerprint density at radius 2 is 2.00 bits per heavy atom. The normalized spacial score (nSPS) is 25.7. The lowest BCUT2D eigenvalue weighted by atomic mass is 9.78. The molecular weight excluding hydrogens is 264 g/mol. The molecule has 1 N–H and O–H groups in total. The summed E-state index contributed by atoms with van der Waals surface area (Å²) in [5.74, 6) is 0.617. The van der Waals surface area contributed by atoms with E-state index in [9.17, 15) is 5.11 Å². The van der Waals surface area contributed by atoms with Crippen molar-refractivity contribution in [3.8, 4) is 5.88 Å². The van der Waals surface area contributed by atoms with Gasteiger partial charge in [0.2, 0.25) is 5.88 Å². The zero-order valence-corrected chi connectivity index (χ0v) is 12.4. The Morgan fingerprint density at radius 1 is 1.29 bits per heavy atom. The van der Waals surface area contributed by atoms with Crippen LogP contribution in [-0.4, -0.2) is 21.3 Å². The lowest BCUT2D eigenvalue weighted by Crippen LogP contribution is -2.32. The Labute approximate surface area is 125 Å². The molecule has 0 bridgehead atoms. The van der Waals surface area contributed by atoms with Gasteiger partial charge in [-0.15, -0.1) is 0 Å². The average molecular weight is 286 g/mol. The van der Waals surface area contributed by atoms with E-state index in [4.69, 9.17) is 4.74 Å². The quantitative estimate of drug-likeness (QED) is 0.938. The Kier molecular flexibility index (Phi) is 3.97. The molecule has 1 saturated carbocycles. The maximum absolute atomic E-state index is 10.9. The molecular formula is C17H22N2O2. The van der Waals surface area contributed by atoms with Crippen LogP contribution in [0.1, 0.15) is 44.2 Å². The molecule has 4 nitrogen and oxygen atoms in total. The summed E-state index contributed by atoms with van der Waals surface area (Å²) in [6, 6.07) is 8.38. The second-order valence-electron chi connectivity index (χ2n) is 5.71. The van der Waals surface area contributed by atoms with Gasteiger partial charge in [0.15, 0.2) is 0 Å². The number of pyridine rings is 1. The highest BCUT2D eigenvalue weighted by Gasteiger charge is 2.35. The van der Waals surface area contributed by atoms with Gasteiger partial charge >= 0.3 is 0 Å². The van der Waals surface area contributed by atoms with E-state index in [1.54, 1.807) is 6.20 Å². The van der Waals surface area contributed by atoms with Crippen molar-refractivity contribution < 1.29 is 9.84 Å². The van der Waals surface area contributed by atoms with Crippen LogP contribution in [-0.2, 0) is 5.60 Å². The average Bonchev–Trinajstić information content (AvgIpc) is 3.03. The summed E-state index contributed by atoms with van der Waals surface area (Å²) in [4.78, 5) is 4.27. The molecule has 0 saturated heterocycles. The van der Waals surface area contributed by atoms with Gasteiger partial charge in [0.25, 0.3) is 0 Å². The summed E-state index contributed by atoms with van der Waals surface area (Å²) in [5, 5.41) is 10.9. The molecule has 112 valence electrons. The minimum absolute atomic E-state index is 0.496. The van der Waals surface area contributed by atoms with Gasteiger partial charge in [0.1, 0.15) is 0 Å². The van der Waals surface area contributed by atoms with E-state index in [1.165, 1.54) is 0 Å². The molecule has 0 amide bonds. The molecule has 0 aromatic carbocycles. The van der Waals surface area contributed by atoms with Gasteiger partial charge in [-0.05, 0) is 50.8 Å². The molecule has 0 aliphatic heterocycles. The van der Waals surface area contributed by atoms with Gasteiger partial charge in [0.05, 0.1) is 12.2 Å². The van der Waals surface area contributed by atoms with Gasteiger partial charge in [-0.2, -0.15) is 0 Å². The van der Waals surface area contributed by atoms with E-state index in [-0.39, 0.29) is 0 Å². The molecule has 0 spiro atoms. The first-order valence-corrected chi connectivity index (χ1v) is 7.65. The Hall–Kier alpha value is -1.81. The second-order valence-corrected chi connectivity index (χ2v) is 5.71. The lowest BCUT2D eigenvalue weighted by Gasteiger charge is -2.36. The third-order valence-electron chi connectivity index (χ3n) is 4.40. The lowest BCUT2D eigenvalue weighted by molar-refractivity contribution is -0.0126. The zero-order chi connectivity index (χ0) is 14.7.